The van der Waals surface area contributed by atoms with Gasteiger partial charge in [0.2, 0.25) is 5.91 Å². The monoisotopic (exact) mass is 489 g/mol. The highest BCUT2D eigenvalue weighted by Gasteiger charge is 2.27. The molecule has 0 aliphatic carbocycles. The van der Waals surface area contributed by atoms with Crippen LogP contribution in [0.2, 0.25) is 0 Å². The molecule has 0 aromatic heterocycles. The largest absolute Gasteiger partial charge is 0.394 e. The molecule has 3 amide bonds. The van der Waals surface area contributed by atoms with Gasteiger partial charge in [0.15, 0.2) is 0 Å². The molecule has 0 aliphatic heterocycles. The quantitative estimate of drug-likeness (QED) is 0.176. The number of halogens is 1. The van der Waals surface area contributed by atoms with Gasteiger partial charge in [0.1, 0.15) is 12.7 Å². The van der Waals surface area contributed by atoms with Crippen LogP contribution in [0.3, 0.4) is 0 Å². The molecular formula is C21H32ClN3O8. The van der Waals surface area contributed by atoms with Crippen molar-refractivity contribution in [3.63, 3.8) is 0 Å². The zero-order valence-electron chi connectivity index (χ0n) is 18.9. The molecule has 33 heavy (non-hydrogen) atoms. The van der Waals surface area contributed by atoms with Crippen LogP contribution in [-0.4, -0.2) is 89.3 Å². The van der Waals surface area contributed by atoms with E-state index in [1.54, 1.807) is 20.8 Å². The van der Waals surface area contributed by atoms with Crippen molar-refractivity contribution in [1.82, 2.24) is 10.6 Å². The van der Waals surface area contributed by atoms with E-state index in [1.165, 1.54) is 0 Å². The Bertz CT molecular complexity index is 850. The standard InChI is InChI=1S/C21H32ClN3O8/c1-4-15-18(21(32)24-6-14(29)8-27)11(2)17(20(31)23-5-13(28)7-26)12(3)19(15)25-16(30)9-33-10-22/h13-14,26-29H,4-10H2,1-3H3,(H,23,31)(H,24,32)(H,25,30). The fraction of sp³-hybridized carbons (Fsp3) is 0.571. The fourth-order valence-electron chi connectivity index (χ4n) is 3.31. The van der Waals surface area contributed by atoms with Crippen LogP contribution in [0.15, 0.2) is 0 Å². The molecule has 11 nitrogen and oxygen atoms in total. The number of amides is 3. The number of aliphatic hydroxyl groups excluding tert-OH is 4. The van der Waals surface area contributed by atoms with Gasteiger partial charge in [-0.3, -0.25) is 14.4 Å². The number of aliphatic hydroxyl groups is 4. The van der Waals surface area contributed by atoms with Gasteiger partial charge in [-0.2, -0.15) is 0 Å². The Labute approximate surface area is 197 Å². The summed E-state index contributed by atoms with van der Waals surface area (Å²) >= 11 is 5.45. The molecule has 0 spiro atoms. The lowest BCUT2D eigenvalue weighted by atomic mass is 9.88. The summed E-state index contributed by atoms with van der Waals surface area (Å²) in [5.74, 6) is -1.76. The third-order valence-electron chi connectivity index (χ3n) is 4.90. The van der Waals surface area contributed by atoms with Gasteiger partial charge in [0.25, 0.3) is 11.8 Å². The van der Waals surface area contributed by atoms with Crippen molar-refractivity contribution in [2.45, 2.75) is 39.4 Å². The second kappa shape index (κ2) is 14.1. The summed E-state index contributed by atoms with van der Waals surface area (Å²) in [6.07, 6.45) is -2.01. The first-order chi connectivity index (χ1) is 15.6. The zero-order valence-corrected chi connectivity index (χ0v) is 19.7. The van der Waals surface area contributed by atoms with Crippen LogP contribution in [0, 0.1) is 13.8 Å². The first-order valence-electron chi connectivity index (χ1n) is 10.4. The minimum atomic E-state index is -1.17. The predicted molar refractivity (Wildman–Crippen MR) is 121 cm³/mol. The third kappa shape index (κ3) is 7.91. The molecule has 2 unspecified atom stereocenters. The van der Waals surface area contributed by atoms with E-state index < -0.39 is 43.1 Å². The van der Waals surface area contributed by atoms with E-state index in [1.807, 2.05) is 0 Å². The molecule has 0 saturated heterocycles. The van der Waals surface area contributed by atoms with Crippen LogP contribution >= 0.6 is 11.6 Å². The number of nitrogens with one attached hydrogen (secondary N) is 3. The maximum atomic E-state index is 13.0. The molecule has 0 bridgehead atoms. The number of carbonyl (C=O) groups is 3. The van der Waals surface area contributed by atoms with Crippen LogP contribution in [0.25, 0.3) is 0 Å². The molecule has 1 aromatic rings. The Balaban J connectivity index is 3.56. The van der Waals surface area contributed by atoms with E-state index in [-0.39, 0.29) is 42.6 Å². The number of rotatable bonds is 13. The molecule has 0 fully saturated rings. The van der Waals surface area contributed by atoms with Crippen molar-refractivity contribution in [3.05, 3.63) is 27.8 Å². The summed E-state index contributed by atoms with van der Waals surface area (Å²) in [7, 11) is 0. The zero-order chi connectivity index (χ0) is 25.1. The van der Waals surface area contributed by atoms with Crippen molar-refractivity contribution in [2.75, 3.05) is 44.3 Å². The number of carbonyl (C=O) groups excluding carboxylic acids is 3. The van der Waals surface area contributed by atoms with E-state index in [2.05, 4.69) is 16.0 Å². The van der Waals surface area contributed by atoms with Gasteiger partial charge in [0, 0.05) is 29.9 Å². The summed E-state index contributed by atoms with van der Waals surface area (Å²) in [6.45, 7) is 3.08. The highest BCUT2D eigenvalue weighted by molar-refractivity contribution is 6.17. The first-order valence-corrected chi connectivity index (χ1v) is 10.9. The van der Waals surface area contributed by atoms with Gasteiger partial charge in [-0.1, -0.05) is 18.5 Å². The smallest absolute Gasteiger partial charge is 0.252 e. The second-order valence-corrected chi connectivity index (χ2v) is 7.52. The molecular weight excluding hydrogens is 458 g/mol. The lowest BCUT2D eigenvalue weighted by Gasteiger charge is -2.23. The highest BCUT2D eigenvalue weighted by Crippen LogP contribution is 2.32. The number of hydrogen-bond donors (Lipinski definition) is 7. The average Bonchev–Trinajstić information content (AvgIpc) is 2.80. The first kappa shape index (κ1) is 28.8. The van der Waals surface area contributed by atoms with Crippen molar-refractivity contribution in [3.8, 4) is 0 Å². The van der Waals surface area contributed by atoms with Gasteiger partial charge in [0.05, 0.1) is 25.4 Å². The molecule has 12 heteroatoms. The van der Waals surface area contributed by atoms with Gasteiger partial charge in [-0.25, -0.2) is 0 Å². The van der Waals surface area contributed by atoms with Crippen molar-refractivity contribution < 1.29 is 39.5 Å². The molecule has 0 aliphatic rings. The third-order valence-corrected chi connectivity index (χ3v) is 5.06. The molecule has 0 radical (unpaired) electrons. The SMILES string of the molecule is CCc1c(NC(=O)COCCl)c(C)c(C(=O)NCC(O)CO)c(C)c1C(=O)NCC(O)CO. The maximum absolute atomic E-state index is 13.0. The number of anilines is 1. The van der Waals surface area contributed by atoms with E-state index in [9.17, 15) is 24.6 Å². The highest BCUT2D eigenvalue weighted by atomic mass is 35.5. The summed E-state index contributed by atoms with van der Waals surface area (Å²) in [5.41, 5.74) is 1.69. The van der Waals surface area contributed by atoms with E-state index in [0.29, 0.717) is 23.1 Å². The van der Waals surface area contributed by atoms with Crippen LogP contribution in [0.4, 0.5) is 5.69 Å². The molecule has 7 N–H and O–H groups in total. The van der Waals surface area contributed by atoms with Gasteiger partial charge < -0.3 is 41.1 Å². The topological polar surface area (TPSA) is 177 Å². The van der Waals surface area contributed by atoms with E-state index >= 15 is 0 Å². The van der Waals surface area contributed by atoms with Gasteiger partial charge in [-0.15, -0.1) is 0 Å². The minimum absolute atomic E-state index is 0.110. The van der Waals surface area contributed by atoms with Crippen molar-refractivity contribution in [2.24, 2.45) is 0 Å². The molecule has 186 valence electrons. The Kier molecular flexibility index (Phi) is 12.3. The van der Waals surface area contributed by atoms with Crippen molar-refractivity contribution >= 4 is 35.0 Å². The Hall–Kier alpha value is -2.28. The lowest BCUT2D eigenvalue weighted by Crippen LogP contribution is -2.37. The fourth-order valence-corrected chi connectivity index (χ4v) is 3.39. The van der Waals surface area contributed by atoms with E-state index in [0.717, 1.165) is 0 Å². The summed E-state index contributed by atoms with van der Waals surface area (Å²) in [5, 5.41) is 44.8. The summed E-state index contributed by atoms with van der Waals surface area (Å²) in [4.78, 5) is 38.3. The average molecular weight is 490 g/mol. The number of benzene rings is 1. The van der Waals surface area contributed by atoms with Crippen molar-refractivity contribution in [1.29, 1.82) is 0 Å². The number of ether oxygens (including phenoxy) is 1. The molecule has 1 rings (SSSR count). The number of hydrogen-bond acceptors (Lipinski definition) is 8. The van der Waals surface area contributed by atoms with Crippen LogP contribution in [0.1, 0.15) is 44.3 Å². The Morgan fingerprint density at radius 1 is 0.939 bits per heavy atom. The molecule has 2 atom stereocenters. The molecule has 0 saturated carbocycles. The van der Waals surface area contributed by atoms with Crippen LogP contribution < -0.4 is 16.0 Å². The van der Waals surface area contributed by atoms with E-state index in [4.69, 9.17) is 26.6 Å². The minimum Gasteiger partial charge on any atom is -0.394 e. The molecule has 0 heterocycles. The summed E-state index contributed by atoms with van der Waals surface area (Å²) < 4.78 is 4.91. The second-order valence-electron chi connectivity index (χ2n) is 7.31. The Morgan fingerprint density at radius 2 is 1.45 bits per heavy atom. The van der Waals surface area contributed by atoms with Crippen LogP contribution in [-0.2, 0) is 16.0 Å². The predicted octanol–water partition coefficient (Wildman–Crippen LogP) is -0.817. The Morgan fingerprint density at radius 3 is 1.91 bits per heavy atom. The van der Waals surface area contributed by atoms with Gasteiger partial charge >= 0.3 is 0 Å². The van der Waals surface area contributed by atoms with Gasteiger partial charge in [-0.05, 0) is 37.0 Å². The summed E-state index contributed by atoms with van der Waals surface area (Å²) in [6, 6.07) is -0.192. The number of alkyl halides is 1. The normalized spacial score (nSPS) is 12.7. The molecule has 1 aromatic carbocycles. The maximum Gasteiger partial charge on any atom is 0.252 e. The lowest BCUT2D eigenvalue weighted by molar-refractivity contribution is -0.119. The van der Waals surface area contributed by atoms with Crippen LogP contribution in [0.5, 0.6) is 0 Å².